The third kappa shape index (κ3) is 3.98. The van der Waals surface area contributed by atoms with Gasteiger partial charge in [-0.2, -0.15) is 0 Å². The molecule has 2 aromatic rings. The van der Waals surface area contributed by atoms with Crippen molar-refractivity contribution in [1.82, 2.24) is 19.8 Å². The number of hydrogen-bond donors (Lipinski definition) is 1. The molecule has 2 amide bonds. The van der Waals surface area contributed by atoms with Gasteiger partial charge in [-0.25, -0.2) is 0 Å². The minimum absolute atomic E-state index is 0.0547. The lowest BCUT2D eigenvalue weighted by molar-refractivity contribution is -0.127. The summed E-state index contributed by atoms with van der Waals surface area (Å²) in [5, 5.41) is 10.9. The highest BCUT2D eigenvalue weighted by molar-refractivity contribution is 7.10. The molecule has 2 heterocycles. The molecule has 28 heavy (non-hydrogen) atoms. The first kappa shape index (κ1) is 19.5. The van der Waals surface area contributed by atoms with Crippen LogP contribution in [0.4, 0.5) is 0 Å². The number of carbonyl (C=O) groups excluding carboxylic acids is 2. The van der Waals surface area contributed by atoms with E-state index < -0.39 is 6.04 Å². The number of rotatable bonds is 6. The average Bonchev–Trinajstić information content (AvgIpc) is 3.47. The maximum absolute atomic E-state index is 13.5. The van der Waals surface area contributed by atoms with Crippen LogP contribution in [0, 0.1) is 6.92 Å². The number of aromatic nitrogens is 2. The van der Waals surface area contributed by atoms with E-state index in [0.29, 0.717) is 5.69 Å². The van der Waals surface area contributed by atoms with E-state index in [-0.39, 0.29) is 23.9 Å². The van der Waals surface area contributed by atoms with Crippen LogP contribution < -0.4 is 5.32 Å². The van der Waals surface area contributed by atoms with Crippen molar-refractivity contribution in [3.05, 3.63) is 33.0 Å². The molecule has 2 aromatic heterocycles. The summed E-state index contributed by atoms with van der Waals surface area (Å²) in [6.07, 6.45) is 8.40. The van der Waals surface area contributed by atoms with Crippen molar-refractivity contribution in [3.63, 3.8) is 0 Å². The summed E-state index contributed by atoms with van der Waals surface area (Å²) >= 11 is 2.73. The molecule has 2 aliphatic carbocycles. The minimum Gasteiger partial charge on any atom is -0.351 e. The lowest BCUT2D eigenvalue weighted by atomic mass is 10.0. The van der Waals surface area contributed by atoms with Gasteiger partial charge in [0.1, 0.15) is 6.04 Å². The first-order chi connectivity index (χ1) is 13.6. The topological polar surface area (TPSA) is 75.2 Å². The van der Waals surface area contributed by atoms with Crippen molar-refractivity contribution in [2.45, 2.75) is 76.4 Å². The molecular weight excluding hydrogens is 392 g/mol. The second-order valence-electron chi connectivity index (χ2n) is 7.80. The fraction of sp³-hybridized carbons (Fsp3) is 0.600. The summed E-state index contributed by atoms with van der Waals surface area (Å²) in [5.74, 6) is -0.235. The Bertz CT molecular complexity index is 808. The molecule has 4 rings (SSSR count). The van der Waals surface area contributed by atoms with Crippen LogP contribution in [-0.2, 0) is 4.79 Å². The fourth-order valence-electron chi connectivity index (χ4n) is 4.45. The van der Waals surface area contributed by atoms with Gasteiger partial charge in [0.05, 0.1) is 0 Å². The second kappa shape index (κ2) is 8.69. The number of nitrogens with one attached hydrogen (secondary N) is 1. The molecule has 2 aliphatic rings. The predicted octanol–water partition coefficient (Wildman–Crippen LogP) is 4.09. The molecule has 0 saturated heterocycles. The van der Waals surface area contributed by atoms with Gasteiger partial charge in [0.25, 0.3) is 5.91 Å². The summed E-state index contributed by atoms with van der Waals surface area (Å²) in [4.78, 5) is 29.7. The SMILES string of the molecule is Cc1ccsc1C(C(=O)NC1CCCC1)N(C(=O)c1csnn1)C1CCCC1. The van der Waals surface area contributed by atoms with E-state index in [0.717, 1.165) is 61.8 Å². The Morgan fingerprint density at radius 1 is 1.18 bits per heavy atom. The van der Waals surface area contributed by atoms with Crippen molar-refractivity contribution < 1.29 is 9.59 Å². The molecule has 0 aliphatic heterocycles. The van der Waals surface area contributed by atoms with Gasteiger partial charge in [0, 0.05) is 22.3 Å². The van der Waals surface area contributed by atoms with Gasteiger partial charge in [-0.1, -0.05) is 30.2 Å². The van der Waals surface area contributed by atoms with Crippen LogP contribution >= 0.6 is 22.9 Å². The molecular formula is C20H26N4O2S2. The highest BCUT2D eigenvalue weighted by Gasteiger charge is 2.40. The second-order valence-corrected chi connectivity index (χ2v) is 9.36. The van der Waals surface area contributed by atoms with Crippen molar-refractivity contribution in [1.29, 1.82) is 0 Å². The molecule has 0 radical (unpaired) electrons. The van der Waals surface area contributed by atoms with E-state index >= 15 is 0 Å². The molecule has 0 aromatic carbocycles. The smallest absolute Gasteiger partial charge is 0.276 e. The molecule has 1 atom stereocenters. The lowest BCUT2D eigenvalue weighted by Crippen LogP contribution is -2.49. The summed E-state index contributed by atoms with van der Waals surface area (Å²) in [6.45, 7) is 2.02. The van der Waals surface area contributed by atoms with Gasteiger partial charge in [0.2, 0.25) is 5.91 Å². The number of aryl methyl sites for hydroxylation is 1. The lowest BCUT2D eigenvalue weighted by Gasteiger charge is -2.35. The Balaban J connectivity index is 1.70. The highest BCUT2D eigenvalue weighted by atomic mass is 32.1. The van der Waals surface area contributed by atoms with Gasteiger partial charge < -0.3 is 10.2 Å². The Labute approximate surface area is 173 Å². The zero-order valence-corrected chi connectivity index (χ0v) is 17.7. The van der Waals surface area contributed by atoms with Gasteiger partial charge in [-0.3, -0.25) is 9.59 Å². The van der Waals surface area contributed by atoms with E-state index in [1.54, 1.807) is 16.7 Å². The van der Waals surface area contributed by atoms with Crippen molar-refractivity contribution >= 4 is 34.7 Å². The van der Waals surface area contributed by atoms with Crippen molar-refractivity contribution in [2.75, 3.05) is 0 Å². The van der Waals surface area contributed by atoms with Crippen molar-refractivity contribution in [2.24, 2.45) is 0 Å². The highest BCUT2D eigenvalue weighted by Crippen LogP contribution is 2.36. The summed E-state index contributed by atoms with van der Waals surface area (Å²) in [5.41, 5.74) is 1.40. The van der Waals surface area contributed by atoms with E-state index in [9.17, 15) is 9.59 Å². The van der Waals surface area contributed by atoms with Crippen LogP contribution in [0.15, 0.2) is 16.8 Å². The van der Waals surface area contributed by atoms with Crippen molar-refractivity contribution in [3.8, 4) is 0 Å². The van der Waals surface area contributed by atoms with E-state index in [2.05, 4.69) is 14.9 Å². The Kier molecular flexibility index (Phi) is 6.06. The maximum Gasteiger partial charge on any atom is 0.276 e. The molecule has 2 saturated carbocycles. The molecule has 6 nitrogen and oxygen atoms in total. The van der Waals surface area contributed by atoms with Gasteiger partial charge >= 0.3 is 0 Å². The van der Waals surface area contributed by atoms with Gasteiger partial charge in [-0.05, 0) is 61.1 Å². The quantitative estimate of drug-likeness (QED) is 0.767. The number of nitrogens with zero attached hydrogens (tertiary/aromatic N) is 3. The van der Waals surface area contributed by atoms with Crippen LogP contribution in [0.5, 0.6) is 0 Å². The normalized spacial score (nSPS) is 19.0. The molecule has 1 N–H and O–H groups in total. The Hall–Kier alpha value is -1.80. The Morgan fingerprint density at radius 3 is 2.50 bits per heavy atom. The summed E-state index contributed by atoms with van der Waals surface area (Å²) in [6, 6.07) is 1.71. The number of thiophene rings is 1. The third-order valence-electron chi connectivity index (χ3n) is 5.91. The fourth-order valence-corrected chi connectivity index (χ4v) is 5.91. The van der Waals surface area contributed by atoms with Crippen LogP contribution in [0.1, 0.15) is 78.3 Å². The minimum atomic E-state index is -0.599. The molecule has 2 fully saturated rings. The van der Waals surface area contributed by atoms with Crippen LogP contribution in [-0.4, -0.2) is 38.4 Å². The third-order valence-corrected chi connectivity index (χ3v) is 7.49. The Morgan fingerprint density at radius 2 is 1.89 bits per heavy atom. The molecule has 1 unspecified atom stereocenters. The molecule has 8 heteroatoms. The van der Waals surface area contributed by atoms with Crippen LogP contribution in [0.3, 0.4) is 0 Å². The van der Waals surface area contributed by atoms with Gasteiger partial charge in [0.15, 0.2) is 5.69 Å². The largest absolute Gasteiger partial charge is 0.351 e. The summed E-state index contributed by atoms with van der Waals surface area (Å²) in [7, 11) is 0. The van der Waals surface area contributed by atoms with E-state index in [1.165, 1.54) is 11.5 Å². The summed E-state index contributed by atoms with van der Waals surface area (Å²) < 4.78 is 3.87. The zero-order chi connectivity index (χ0) is 19.5. The standard InChI is InChI=1S/C20H26N4O2S2/c1-13-10-11-27-18(13)17(19(25)21-14-6-2-3-7-14)24(15-8-4-5-9-15)20(26)16-12-28-23-22-16/h10-12,14-15,17H,2-9H2,1H3,(H,21,25). The van der Waals surface area contributed by atoms with Crippen LogP contribution in [0.25, 0.3) is 0 Å². The molecule has 0 spiro atoms. The molecule has 0 bridgehead atoms. The average molecular weight is 419 g/mol. The zero-order valence-electron chi connectivity index (χ0n) is 16.1. The predicted molar refractivity (Wildman–Crippen MR) is 111 cm³/mol. The van der Waals surface area contributed by atoms with E-state index in [1.807, 2.05) is 23.3 Å². The van der Waals surface area contributed by atoms with E-state index in [4.69, 9.17) is 0 Å². The number of amides is 2. The first-order valence-electron chi connectivity index (χ1n) is 10.1. The number of hydrogen-bond acceptors (Lipinski definition) is 6. The van der Waals surface area contributed by atoms with Gasteiger partial charge in [-0.15, -0.1) is 16.4 Å². The van der Waals surface area contributed by atoms with Crippen LogP contribution in [0.2, 0.25) is 0 Å². The first-order valence-corrected chi connectivity index (χ1v) is 11.8. The number of carbonyl (C=O) groups is 2. The monoisotopic (exact) mass is 418 g/mol. The molecule has 150 valence electrons. The maximum atomic E-state index is 13.5.